The Balaban J connectivity index is 2.02. The van der Waals surface area contributed by atoms with Gasteiger partial charge < -0.3 is 14.8 Å². The molecular formula is C15H16N2O3. The first kappa shape index (κ1) is 14.0. The van der Waals surface area contributed by atoms with Crippen molar-refractivity contribution < 1.29 is 14.3 Å². The average molecular weight is 272 g/mol. The van der Waals surface area contributed by atoms with Crippen LogP contribution in [0.4, 0.5) is 0 Å². The van der Waals surface area contributed by atoms with Gasteiger partial charge in [0.15, 0.2) is 0 Å². The molecule has 0 spiro atoms. The molecule has 0 unspecified atom stereocenters. The fourth-order valence-electron chi connectivity index (χ4n) is 1.60. The van der Waals surface area contributed by atoms with Gasteiger partial charge in [-0.25, -0.2) is 4.98 Å². The maximum absolute atomic E-state index is 11.9. The van der Waals surface area contributed by atoms with Crippen molar-refractivity contribution in [3.05, 3.63) is 54.2 Å². The van der Waals surface area contributed by atoms with Crippen molar-refractivity contribution in [2.45, 2.75) is 0 Å². The van der Waals surface area contributed by atoms with E-state index in [1.165, 1.54) is 0 Å². The van der Waals surface area contributed by atoms with Crippen molar-refractivity contribution in [2.75, 3.05) is 20.3 Å². The summed E-state index contributed by atoms with van der Waals surface area (Å²) in [5.74, 6) is 0.904. The van der Waals surface area contributed by atoms with E-state index in [1.54, 1.807) is 43.6 Å². The molecule has 1 N–H and O–H groups in total. The van der Waals surface area contributed by atoms with Crippen LogP contribution in [0.3, 0.4) is 0 Å². The zero-order valence-electron chi connectivity index (χ0n) is 11.2. The number of pyridine rings is 1. The first-order chi connectivity index (χ1) is 9.79. The van der Waals surface area contributed by atoms with Crippen molar-refractivity contribution in [1.29, 1.82) is 0 Å². The van der Waals surface area contributed by atoms with Gasteiger partial charge in [-0.3, -0.25) is 4.79 Å². The van der Waals surface area contributed by atoms with Gasteiger partial charge in [0.25, 0.3) is 5.91 Å². The molecule has 0 atom stereocenters. The molecule has 0 aliphatic carbocycles. The SMILES string of the molecule is COCCNC(=O)c1cccc(Oc2ccccn2)c1. The first-order valence-electron chi connectivity index (χ1n) is 6.25. The van der Waals surface area contributed by atoms with Crippen LogP contribution in [0.1, 0.15) is 10.4 Å². The summed E-state index contributed by atoms with van der Waals surface area (Å²) < 4.78 is 10.5. The summed E-state index contributed by atoms with van der Waals surface area (Å²) in [4.78, 5) is 16.0. The number of carbonyl (C=O) groups is 1. The second kappa shape index (κ2) is 7.25. The molecule has 1 heterocycles. The third-order valence-electron chi connectivity index (χ3n) is 2.55. The number of amides is 1. The molecule has 20 heavy (non-hydrogen) atoms. The van der Waals surface area contributed by atoms with Gasteiger partial charge in [-0.05, 0) is 24.3 Å². The molecular weight excluding hydrogens is 256 g/mol. The minimum Gasteiger partial charge on any atom is -0.439 e. The second-order valence-corrected chi connectivity index (χ2v) is 4.05. The first-order valence-corrected chi connectivity index (χ1v) is 6.25. The van der Waals surface area contributed by atoms with E-state index in [4.69, 9.17) is 9.47 Å². The number of carbonyl (C=O) groups excluding carboxylic acids is 1. The monoisotopic (exact) mass is 272 g/mol. The van der Waals surface area contributed by atoms with Gasteiger partial charge in [0.1, 0.15) is 5.75 Å². The maximum atomic E-state index is 11.9. The van der Waals surface area contributed by atoms with Crippen LogP contribution in [0, 0.1) is 0 Å². The van der Waals surface area contributed by atoms with Gasteiger partial charge in [0, 0.05) is 31.5 Å². The molecule has 0 aliphatic heterocycles. The Morgan fingerprint density at radius 3 is 2.90 bits per heavy atom. The van der Waals surface area contributed by atoms with E-state index in [0.29, 0.717) is 30.3 Å². The number of nitrogens with zero attached hydrogens (tertiary/aromatic N) is 1. The van der Waals surface area contributed by atoms with Crippen LogP contribution >= 0.6 is 0 Å². The van der Waals surface area contributed by atoms with Crippen LogP contribution in [0.5, 0.6) is 11.6 Å². The summed E-state index contributed by atoms with van der Waals surface area (Å²) in [5.41, 5.74) is 0.537. The van der Waals surface area contributed by atoms with Crippen LogP contribution in [-0.2, 0) is 4.74 Å². The summed E-state index contributed by atoms with van der Waals surface area (Å²) in [7, 11) is 1.59. The summed E-state index contributed by atoms with van der Waals surface area (Å²) in [6.07, 6.45) is 1.65. The molecule has 0 bridgehead atoms. The number of benzene rings is 1. The van der Waals surface area contributed by atoms with Crippen molar-refractivity contribution in [3.63, 3.8) is 0 Å². The van der Waals surface area contributed by atoms with E-state index in [1.807, 2.05) is 12.1 Å². The van der Waals surface area contributed by atoms with Gasteiger partial charge in [0.2, 0.25) is 5.88 Å². The Labute approximate surface area is 117 Å². The van der Waals surface area contributed by atoms with E-state index in [0.717, 1.165) is 0 Å². The number of ether oxygens (including phenoxy) is 2. The lowest BCUT2D eigenvalue weighted by Crippen LogP contribution is -2.26. The Morgan fingerprint density at radius 2 is 2.15 bits per heavy atom. The lowest BCUT2D eigenvalue weighted by Gasteiger charge is -2.07. The number of aromatic nitrogens is 1. The molecule has 1 amide bonds. The number of hydrogen-bond donors (Lipinski definition) is 1. The average Bonchev–Trinajstić information content (AvgIpc) is 2.49. The normalized spacial score (nSPS) is 10.1. The zero-order chi connectivity index (χ0) is 14.2. The summed E-state index contributed by atoms with van der Waals surface area (Å²) in [6, 6.07) is 12.4. The Morgan fingerprint density at radius 1 is 1.25 bits per heavy atom. The predicted molar refractivity (Wildman–Crippen MR) is 75.0 cm³/mol. The molecule has 104 valence electrons. The molecule has 1 aromatic carbocycles. The number of rotatable bonds is 6. The largest absolute Gasteiger partial charge is 0.439 e. The lowest BCUT2D eigenvalue weighted by atomic mass is 10.2. The summed E-state index contributed by atoms with van der Waals surface area (Å²) in [6.45, 7) is 0.955. The molecule has 0 saturated heterocycles. The number of hydrogen-bond acceptors (Lipinski definition) is 4. The van der Waals surface area contributed by atoms with Gasteiger partial charge in [-0.1, -0.05) is 12.1 Å². The van der Waals surface area contributed by atoms with E-state index in [9.17, 15) is 4.79 Å². The fraction of sp³-hybridized carbons (Fsp3) is 0.200. The Kier molecular flexibility index (Phi) is 5.08. The topological polar surface area (TPSA) is 60.5 Å². The van der Waals surface area contributed by atoms with Crippen LogP contribution in [0.2, 0.25) is 0 Å². The van der Waals surface area contributed by atoms with Crippen molar-refractivity contribution in [2.24, 2.45) is 0 Å². The van der Waals surface area contributed by atoms with Crippen LogP contribution in [-0.4, -0.2) is 31.2 Å². The second-order valence-electron chi connectivity index (χ2n) is 4.05. The minimum absolute atomic E-state index is 0.159. The maximum Gasteiger partial charge on any atom is 0.251 e. The number of methoxy groups -OCH3 is 1. The molecule has 0 radical (unpaired) electrons. The van der Waals surface area contributed by atoms with E-state index < -0.39 is 0 Å². The summed E-state index contributed by atoms with van der Waals surface area (Å²) >= 11 is 0. The lowest BCUT2D eigenvalue weighted by molar-refractivity contribution is 0.0937. The van der Waals surface area contributed by atoms with E-state index >= 15 is 0 Å². The van der Waals surface area contributed by atoms with Crippen molar-refractivity contribution in [3.8, 4) is 11.6 Å². The Bertz CT molecular complexity index is 558. The van der Waals surface area contributed by atoms with Crippen LogP contribution < -0.4 is 10.1 Å². The third kappa shape index (κ3) is 4.07. The molecule has 0 aliphatic rings. The highest BCUT2D eigenvalue weighted by Crippen LogP contribution is 2.19. The molecule has 1 aromatic heterocycles. The Hall–Kier alpha value is -2.40. The molecule has 0 fully saturated rings. The van der Waals surface area contributed by atoms with E-state index in [-0.39, 0.29) is 5.91 Å². The van der Waals surface area contributed by atoms with Gasteiger partial charge in [-0.15, -0.1) is 0 Å². The highest BCUT2D eigenvalue weighted by Gasteiger charge is 2.06. The van der Waals surface area contributed by atoms with E-state index in [2.05, 4.69) is 10.3 Å². The highest BCUT2D eigenvalue weighted by molar-refractivity contribution is 5.94. The fourth-order valence-corrected chi connectivity index (χ4v) is 1.60. The van der Waals surface area contributed by atoms with Crippen LogP contribution in [0.15, 0.2) is 48.7 Å². The molecule has 2 rings (SSSR count). The zero-order valence-corrected chi connectivity index (χ0v) is 11.2. The summed E-state index contributed by atoms with van der Waals surface area (Å²) in [5, 5.41) is 2.76. The van der Waals surface area contributed by atoms with Crippen molar-refractivity contribution in [1.82, 2.24) is 10.3 Å². The molecule has 5 nitrogen and oxygen atoms in total. The highest BCUT2D eigenvalue weighted by atomic mass is 16.5. The number of nitrogens with one attached hydrogen (secondary N) is 1. The predicted octanol–water partition coefficient (Wildman–Crippen LogP) is 2.25. The molecule has 2 aromatic rings. The van der Waals surface area contributed by atoms with Gasteiger partial charge in [-0.2, -0.15) is 0 Å². The smallest absolute Gasteiger partial charge is 0.251 e. The third-order valence-corrected chi connectivity index (χ3v) is 2.55. The quantitative estimate of drug-likeness (QED) is 0.819. The van der Waals surface area contributed by atoms with Gasteiger partial charge >= 0.3 is 0 Å². The molecule has 0 saturated carbocycles. The minimum atomic E-state index is -0.159. The van der Waals surface area contributed by atoms with Crippen molar-refractivity contribution >= 4 is 5.91 Å². The standard InChI is InChI=1S/C15H16N2O3/c1-19-10-9-17-15(18)12-5-4-6-13(11-12)20-14-7-2-3-8-16-14/h2-8,11H,9-10H2,1H3,(H,17,18). The van der Waals surface area contributed by atoms with Crippen LogP contribution in [0.25, 0.3) is 0 Å². The van der Waals surface area contributed by atoms with Gasteiger partial charge in [0.05, 0.1) is 6.61 Å². The molecule has 5 heteroatoms.